The van der Waals surface area contributed by atoms with Crippen molar-refractivity contribution < 1.29 is 13.9 Å². The predicted octanol–water partition coefficient (Wildman–Crippen LogP) is 8.05. The second-order valence-corrected chi connectivity index (χ2v) is 12.0. The molecule has 204 valence electrons. The number of carbonyl (C=O) groups is 1. The number of rotatable bonds is 8. The largest absolute Gasteiger partial charge is 0.375 e. The van der Waals surface area contributed by atoms with Crippen molar-refractivity contribution in [2.75, 3.05) is 19.4 Å². The summed E-state index contributed by atoms with van der Waals surface area (Å²) in [6.07, 6.45) is 7.22. The average Bonchev–Trinajstić information content (AvgIpc) is 3.66. The van der Waals surface area contributed by atoms with E-state index >= 15 is 0 Å². The van der Waals surface area contributed by atoms with Crippen molar-refractivity contribution in [3.8, 4) is 0 Å². The zero-order valence-corrected chi connectivity index (χ0v) is 24.8. The Bertz CT molecular complexity index is 1060. The van der Waals surface area contributed by atoms with E-state index in [0.717, 1.165) is 29.5 Å². The van der Waals surface area contributed by atoms with Gasteiger partial charge in [0.25, 0.3) is 5.91 Å². The average molecular weight is 570 g/mol. The third-order valence-electron chi connectivity index (χ3n) is 6.88. The van der Waals surface area contributed by atoms with Crippen LogP contribution < -0.4 is 4.72 Å². The van der Waals surface area contributed by atoms with Crippen molar-refractivity contribution >= 4 is 41.1 Å². The standard InChI is InChI=1S/C25H29Cl2FN2O2S.C4H10/c1-25(2)14-32-20(8-15-6-18(26)10-19(27)7-15)13-30(25)12-17-9-23(28)22(24(31)29-33-3)11-21(17)16-4-5-16;1-3-4-2/h6-7,9-11,16,20H,4-5,8,12-14H2,1-3H3,(H,29,31);3-4H2,1-2H3. The summed E-state index contributed by atoms with van der Waals surface area (Å²) in [5.41, 5.74) is 2.99. The van der Waals surface area contributed by atoms with Crippen LogP contribution in [0.5, 0.6) is 0 Å². The number of unbranched alkanes of at least 4 members (excludes halogenated alkanes) is 1. The van der Waals surface area contributed by atoms with E-state index in [2.05, 4.69) is 37.3 Å². The molecule has 1 N–H and O–H groups in total. The summed E-state index contributed by atoms with van der Waals surface area (Å²) < 4.78 is 23.7. The van der Waals surface area contributed by atoms with E-state index in [-0.39, 0.29) is 23.1 Å². The molecule has 1 saturated carbocycles. The van der Waals surface area contributed by atoms with Crippen molar-refractivity contribution in [3.63, 3.8) is 0 Å². The number of carbonyl (C=O) groups excluding carboxylic acids is 1. The first kappa shape index (κ1) is 30.2. The highest BCUT2D eigenvalue weighted by atomic mass is 35.5. The number of hydrogen-bond acceptors (Lipinski definition) is 4. The van der Waals surface area contributed by atoms with E-state index < -0.39 is 5.82 Å². The molecule has 1 saturated heterocycles. The zero-order chi connectivity index (χ0) is 27.2. The Kier molecular flexibility index (Phi) is 11.2. The third-order valence-corrected chi connectivity index (χ3v) is 7.71. The lowest BCUT2D eigenvalue weighted by atomic mass is 9.94. The lowest BCUT2D eigenvalue weighted by Crippen LogP contribution is -2.56. The van der Waals surface area contributed by atoms with Crippen LogP contribution in [-0.4, -0.2) is 41.9 Å². The number of hydrogen-bond donors (Lipinski definition) is 1. The molecule has 2 aromatic carbocycles. The number of ether oxygens (including phenoxy) is 1. The van der Waals surface area contributed by atoms with E-state index in [1.807, 2.05) is 12.1 Å². The number of morpholine rings is 1. The van der Waals surface area contributed by atoms with Crippen LogP contribution in [0.15, 0.2) is 30.3 Å². The molecule has 1 aliphatic heterocycles. The second-order valence-electron chi connectivity index (χ2n) is 10.5. The van der Waals surface area contributed by atoms with Gasteiger partial charge in [-0.15, -0.1) is 0 Å². The maximum absolute atomic E-state index is 14.9. The summed E-state index contributed by atoms with van der Waals surface area (Å²) in [7, 11) is 0. The van der Waals surface area contributed by atoms with Crippen LogP contribution in [0.3, 0.4) is 0 Å². The fourth-order valence-electron chi connectivity index (χ4n) is 4.42. The lowest BCUT2D eigenvalue weighted by Gasteiger charge is -2.45. The van der Waals surface area contributed by atoms with E-state index in [9.17, 15) is 9.18 Å². The van der Waals surface area contributed by atoms with Gasteiger partial charge >= 0.3 is 0 Å². The van der Waals surface area contributed by atoms with Crippen LogP contribution in [0.1, 0.15) is 86.3 Å². The fraction of sp³-hybridized carbons (Fsp3) is 0.552. The van der Waals surface area contributed by atoms with Crippen molar-refractivity contribution in [2.45, 2.75) is 83.9 Å². The Hall–Kier alpha value is -1.31. The first-order valence-corrected chi connectivity index (χ1v) is 15.0. The van der Waals surface area contributed by atoms with Crippen LogP contribution in [-0.2, 0) is 17.7 Å². The van der Waals surface area contributed by atoms with Gasteiger partial charge in [-0.1, -0.05) is 61.8 Å². The topological polar surface area (TPSA) is 41.6 Å². The molecule has 0 radical (unpaired) electrons. The number of amides is 1. The van der Waals surface area contributed by atoms with Gasteiger partial charge in [0.15, 0.2) is 0 Å². The van der Waals surface area contributed by atoms with Crippen LogP contribution in [0, 0.1) is 5.82 Å². The van der Waals surface area contributed by atoms with E-state index in [0.29, 0.717) is 42.1 Å². The normalized spacial score (nSPS) is 19.2. The van der Waals surface area contributed by atoms with E-state index in [1.54, 1.807) is 24.5 Å². The fourth-order valence-corrected chi connectivity index (χ4v) is 5.29. The second kappa shape index (κ2) is 13.7. The minimum absolute atomic E-state index is 0.0200. The van der Waals surface area contributed by atoms with Crippen molar-refractivity contribution in [1.82, 2.24) is 9.62 Å². The van der Waals surface area contributed by atoms with Crippen LogP contribution in [0.25, 0.3) is 0 Å². The number of benzene rings is 2. The van der Waals surface area contributed by atoms with Gasteiger partial charge in [0.1, 0.15) is 5.82 Å². The summed E-state index contributed by atoms with van der Waals surface area (Å²) in [4.78, 5) is 14.7. The molecule has 0 aromatic heterocycles. The molecule has 2 aliphatic rings. The van der Waals surface area contributed by atoms with Crippen LogP contribution >= 0.6 is 35.1 Å². The number of nitrogens with zero attached hydrogens (tertiary/aromatic N) is 1. The van der Waals surface area contributed by atoms with Gasteiger partial charge in [-0.3, -0.25) is 14.4 Å². The monoisotopic (exact) mass is 568 g/mol. The smallest absolute Gasteiger partial charge is 0.264 e. The van der Waals surface area contributed by atoms with Gasteiger partial charge in [-0.05, 0) is 86.1 Å². The number of nitrogens with one attached hydrogen (secondary N) is 1. The molecular weight excluding hydrogens is 530 g/mol. The molecule has 1 heterocycles. The molecule has 37 heavy (non-hydrogen) atoms. The summed E-state index contributed by atoms with van der Waals surface area (Å²) in [5.74, 6) is -0.465. The SMILES string of the molecule is CCCC.CSNC(=O)c1cc(C2CC2)c(CN2CC(Cc3cc(Cl)cc(Cl)c3)OCC2(C)C)cc1F. The summed E-state index contributed by atoms with van der Waals surface area (Å²) in [6, 6.07) is 8.87. The Morgan fingerprint density at radius 1 is 1.14 bits per heavy atom. The Balaban J connectivity index is 0.000000886. The minimum atomic E-state index is -0.475. The number of halogens is 3. The molecule has 2 aromatic rings. The van der Waals surface area contributed by atoms with Crippen molar-refractivity contribution in [1.29, 1.82) is 0 Å². The van der Waals surface area contributed by atoms with Crippen molar-refractivity contribution in [3.05, 3.63) is 68.4 Å². The minimum Gasteiger partial charge on any atom is -0.375 e. The summed E-state index contributed by atoms with van der Waals surface area (Å²) >= 11 is 13.5. The van der Waals surface area contributed by atoms with Crippen LogP contribution in [0.2, 0.25) is 10.0 Å². The molecular formula is C29H39Cl2FN2O2S. The molecule has 8 heteroatoms. The summed E-state index contributed by atoms with van der Waals surface area (Å²) in [6.45, 7) is 10.5. The first-order chi connectivity index (χ1) is 17.6. The van der Waals surface area contributed by atoms with Gasteiger partial charge in [0.05, 0.1) is 18.3 Å². The maximum Gasteiger partial charge on any atom is 0.264 e. The Morgan fingerprint density at radius 2 is 1.78 bits per heavy atom. The quantitative estimate of drug-likeness (QED) is 0.327. The summed E-state index contributed by atoms with van der Waals surface area (Å²) in [5, 5.41) is 1.22. The molecule has 4 rings (SSSR count). The molecule has 1 atom stereocenters. The highest BCUT2D eigenvalue weighted by molar-refractivity contribution is 7.97. The van der Waals surface area contributed by atoms with E-state index in [4.69, 9.17) is 27.9 Å². The zero-order valence-electron chi connectivity index (χ0n) is 22.5. The van der Waals surface area contributed by atoms with Gasteiger partial charge in [0, 0.05) is 34.9 Å². The van der Waals surface area contributed by atoms with Gasteiger partial charge in [0.2, 0.25) is 0 Å². The predicted molar refractivity (Wildman–Crippen MR) is 154 cm³/mol. The van der Waals surface area contributed by atoms with Gasteiger partial charge < -0.3 is 4.74 Å². The molecule has 4 nitrogen and oxygen atoms in total. The first-order valence-electron chi connectivity index (χ1n) is 13.0. The van der Waals surface area contributed by atoms with E-state index in [1.165, 1.54) is 24.8 Å². The Morgan fingerprint density at radius 3 is 2.35 bits per heavy atom. The molecule has 0 bridgehead atoms. The lowest BCUT2D eigenvalue weighted by molar-refractivity contribution is -0.101. The van der Waals surface area contributed by atoms with Gasteiger partial charge in [-0.2, -0.15) is 0 Å². The molecule has 0 spiro atoms. The van der Waals surface area contributed by atoms with Crippen LogP contribution in [0.4, 0.5) is 4.39 Å². The molecule has 1 aliphatic carbocycles. The highest BCUT2D eigenvalue weighted by Gasteiger charge is 2.37. The Labute approximate surface area is 235 Å². The molecule has 1 amide bonds. The highest BCUT2D eigenvalue weighted by Crippen LogP contribution is 2.43. The van der Waals surface area contributed by atoms with Crippen molar-refractivity contribution in [2.24, 2.45) is 0 Å². The third kappa shape index (κ3) is 8.59. The molecule has 1 unspecified atom stereocenters. The maximum atomic E-state index is 14.9. The van der Waals surface area contributed by atoms with Gasteiger partial charge in [-0.25, -0.2) is 4.39 Å². The molecule has 2 fully saturated rings.